The topological polar surface area (TPSA) is 57.3 Å². The molecule has 1 aromatic heterocycles. The average Bonchev–Trinajstić information content (AvgIpc) is 3.33. The van der Waals surface area contributed by atoms with E-state index in [-0.39, 0.29) is 24.2 Å². The quantitative estimate of drug-likeness (QED) is 0.892. The number of halogens is 1. The Kier molecular flexibility index (Phi) is 5.42. The first-order valence-electron chi connectivity index (χ1n) is 7.46. The normalized spacial score (nSPS) is 19.6. The average molecular weight is 311 g/mol. The number of anilines is 2. The van der Waals surface area contributed by atoms with Gasteiger partial charge < -0.3 is 15.5 Å². The maximum absolute atomic E-state index is 12.0. The second-order valence-electron chi connectivity index (χ2n) is 5.75. The molecule has 1 saturated carbocycles. The van der Waals surface area contributed by atoms with Gasteiger partial charge in [0, 0.05) is 32.1 Å². The molecule has 0 bridgehead atoms. The van der Waals surface area contributed by atoms with Gasteiger partial charge in [-0.3, -0.25) is 4.79 Å². The molecule has 2 N–H and O–H groups in total. The predicted molar refractivity (Wildman–Crippen MR) is 87.1 cm³/mol. The number of nitrogens with zero attached hydrogens (tertiary/aromatic N) is 2. The van der Waals surface area contributed by atoms with Gasteiger partial charge in [-0.05, 0) is 30.9 Å². The number of pyridine rings is 1. The molecule has 0 aromatic carbocycles. The van der Waals surface area contributed by atoms with Crippen molar-refractivity contribution in [2.24, 2.45) is 11.8 Å². The Hall–Kier alpha value is -1.33. The molecule has 1 amide bonds. The van der Waals surface area contributed by atoms with E-state index in [1.165, 1.54) is 12.8 Å². The summed E-state index contributed by atoms with van der Waals surface area (Å²) in [4.78, 5) is 18.7. The molecule has 5 nitrogen and oxygen atoms in total. The zero-order valence-electron chi connectivity index (χ0n) is 12.3. The molecule has 6 heteroatoms. The number of carbonyl (C=O) groups is 1. The molecule has 0 spiro atoms. The van der Waals surface area contributed by atoms with Crippen molar-refractivity contribution in [1.29, 1.82) is 0 Å². The Bertz CT molecular complexity index is 469. The number of aromatic nitrogens is 1. The zero-order chi connectivity index (χ0) is 13.9. The maximum Gasteiger partial charge on any atom is 0.228 e. The van der Waals surface area contributed by atoms with Crippen molar-refractivity contribution >= 4 is 29.8 Å². The molecule has 1 saturated heterocycles. The van der Waals surface area contributed by atoms with Gasteiger partial charge in [-0.1, -0.05) is 6.92 Å². The number of hydrogen-bond acceptors (Lipinski definition) is 4. The SMILES string of the molecule is CC(C(=O)Nc1ccc(N2CCNCC2)cn1)C1CC1.Cl. The zero-order valence-corrected chi connectivity index (χ0v) is 13.2. The van der Waals surface area contributed by atoms with Crippen LogP contribution in [0.2, 0.25) is 0 Å². The lowest BCUT2D eigenvalue weighted by Gasteiger charge is -2.29. The molecule has 1 unspecified atom stereocenters. The summed E-state index contributed by atoms with van der Waals surface area (Å²) in [5.41, 5.74) is 1.12. The minimum atomic E-state index is 0. The largest absolute Gasteiger partial charge is 0.368 e. The van der Waals surface area contributed by atoms with Gasteiger partial charge in [0.25, 0.3) is 0 Å². The van der Waals surface area contributed by atoms with Crippen molar-refractivity contribution in [3.05, 3.63) is 18.3 Å². The van der Waals surface area contributed by atoms with Crippen LogP contribution in [0.3, 0.4) is 0 Å². The first-order chi connectivity index (χ1) is 9.74. The highest BCUT2D eigenvalue weighted by Gasteiger charge is 2.32. The molecular weight excluding hydrogens is 288 g/mol. The van der Waals surface area contributed by atoms with Gasteiger partial charge in [0.1, 0.15) is 5.82 Å². The van der Waals surface area contributed by atoms with Crippen molar-refractivity contribution in [2.45, 2.75) is 19.8 Å². The first-order valence-corrected chi connectivity index (χ1v) is 7.46. The highest BCUT2D eigenvalue weighted by molar-refractivity contribution is 5.91. The van der Waals surface area contributed by atoms with Crippen LogP contribution in [0.4, 0.5) is 11.5 Å². The third kappa shape index (κ3) is 4.08. The lowest BCUT2D eigenvalue weighted by molar-refractivity contribution is -0.119. The molecule has 0 radical (unpaired) electrons. The van der Waals surface area contributed by atoms with E-state index in [1.807, 2.05) is 25.3 Å². The van der Waals surface area contributed by atoms with Gasteiger partial charge in [0.15, 0.2) is 0 Å². The van der Waals surface area contributed by atoms with E-state index in [2.05, 4.69) is 20.5 Å². The van der Waals surface area contributed by atoms with Crippen molar-refractivity contribution in [2.75, 3.05) is 36.4 Å². The molecule has 21 heavy (non-hydrogen) atoms. The Labute approximate surface area is 131 Å². The predicted octanol–water partition coefficient (Wildman–Crippen LogP) is 1.90. The van der Waals surface area contributed by atoms with E-state index >= 15 is 0 Å². The molecule has 1 aromatic rings. The molecular formula is C15H23ClN4O. The van der Waals surface area contributed by atoms with Gasteiger partial charge in [0.05, 0.1) is 11.9 Å². The van der Waals surface area contributed by atoms with Crippen LogP contribution in [-0.2, 0) is 4.79 Å². The summed E-state index contributed by atoms with van der Waals surface area (Å²) in [7, 11) is 0. The molecule has 116 valence electrons. The minimum Gasteiger partial charge on any atom is -0.368 e. The molecule has 2 aliphatic rings. The van der Waals surface area contributed by atoms with Crippen molar-refractivity contribution < 1.29 is 4.79 Å². The summed E-state index contributed by atoms with van der Waals surface area (Å²) < 4.78 is 0. The summed E-state index contributed by atoms with van der Waals surface area (Å²) in [6.45, 7) is 6.04. The number of rotatable bonds is 4. The van der Waals surface area contributed by atoms with Crippen LogP contribution in [0.25, 0.3) is 0 Å². The van der Waals surface area contributed by atoms with Crippen LogP contribution in [0.1, 0.15) is 19.8 Å². The highest BCUT2D eigenvalue weighted by atomic mass is 35.5. The Morgan fingerprint density at radius 3 is 2.67 bits per heavy atom. The molecule has 1 atom stereocenters. The fourth-order valence-corrected chi connectivity index (χ4v) is 2.62. The van der Waals surface area contributed by atoms with Crippen LogP contribution in [0, 0.1) is 11.8 Å². The molecule has 2 fully saturated rings. The first kappa shape index (κ1) is 16.0. The maximum atomic E-state index is 12.0. The van der Waals surface area contributed by atoms with Crippen molar-refractivity contribution in [3.8, 4) is 0 Å². The lowest BCUT2D eigenvalue weighted by atomic mass is 10.1. The standard InChI is InChI=1S/C15H22N4O.ClH/c1-11(12-2-3-12)15(20)18-14-5-4-13(10-17-14)19-8-6-16-7-9-19;/h4-5,10-12,16H,2-3,6-9H2,1H3,(H,17,18,20);1H. The van der Waals surface area contributed by atoms with E-state index in [1.54, 1.807) is 0 Å². The molecule has 3 rings (SSSR count). The minimum absolute atomic E-state index is 0. The van der Waals surface area contributed by atoms with E-state index in [9.17, 15) is 4.79 Å². The molecule has 1 aliphatic carbocycles. The van der Waals surface area contributed by atoms with Gasteiger partial charge in [-0.15, -0.1) is 12.4 Å². The van der Waals surface area contributed by atoms with Crippen molar-refractivity contribution in [1.82, 2.24) is 10.3 Å². The smallest absolute Gasteiger partial charge is 0.228 e. The van der Waals surface area contributed by atoms with Gasteiger partial charge >= 0.3 is 0 Å². The summed E-state index contributed by atoms with van der Waals surface area (Å²) >= 11 is 0. The second-order valence-corrected chi connectivity index (χ2v) is 5.75. The van der Waals surface area contributed by atoms with Gasteiger partial charge in [-0.25, -0.2) is 4.98 Å². The van der Waals surface area contributed by atoms with Crippen molar-refractivity contribution in [3.63, 3.8) is 0 Å². The number of nitrogens with one attached hydrogen (secondary N) is 2. The fourth-order valence-electron chi connectivity index (χ4n) is 2.62. The van der Waals surface area contributed by atoms with E-state index in [0.717, 1.165) is 31.9 Å². The number of amides is 1. The Morgan fingerprint density at radius 2 is 2.10 bits per heavy atom. The second kappa shape index (κ2) is 7.09. The molecule has 1 aliphatic heterocycles. The van der Waals surface area contributed by atoms with Crippen LogP contribution in [0.15, 0.2) is 18.3 Å². The van der Waals surface area contributed by atoms with Crippen LogP contribution in [-0.4, -0.2) is 37.1 Å². The van der Waals surface area contributed by atoms with E-state index in [4.69, 9.17) is 0 Å². The van der Waals surface area contributed by atoms with Crippen LogP contribution < -0.4 is 15.5 Å². The van der Waals surface area contributed by atoms with E-state index < -0.39 is 0 Å². The number of carbonyl (C=O) groups excluding carboxylic acids is 1. The Balaban J connectivity index is 0.00000161. The number of hydrogen-bond donors (Lipinski definition) is 2. The summed E-state index contributed by atoms with van der Waals surface area (Å²) in [6.07, 6.45) is 4.22. The fraction of sp³-hybridized carbons (Fsp3) is 0.600. The third-order valence-corrected chi connectivity index (χ3v) is 4.22. The van der Waals surface area contributed by atoms with Crippen LogP contribution in [0.5, 0.6) is 0 Å². The Morgan fingerprint density at radius 1 is 1.38 bits per heavy atom. The summed E-state index contributed by atoms with van der Waals surface area (Å²) in [6, 6.07) is 3.94. The third-order valence-electron chi connectivity index (χ3n) is 4.22. The van der Waals surface area contributed by atoms with E-state index in [0.29, 0.717) is 11.7 Å². The lowest BCUT2D eigenvalue weighted by Crippen LogP contribution is -2.43. The summed E-state index contributed by atoms with van der Waals surface area (Å²) in [5, 5.41) is 6.24. The monoisotopic (exact) mass is 310 g/mol. The highest BCUT2D eigenvalue weighted by Crippen LogP contribution is 2.36. The molecule has 2 heterocycles. The van der Waals surface area contributed by atoms with Gasteiger partial charge in [0.2, 0.25) is 5.91 Å². The number of piperazine rings is 1. The van der Waals surface area contributed by atoms with Gasteiger partial charge in [-0.2, -0.15) is 0 Å². The summed E-state index contributed by atoms with van der Waals surface area (Å²) in [5.74, 6) is 1.43. The van der Waals surface area contributed by atoms with Crippen LogP contribution >= 0.6 is 12.4 Å².